The molecular weight excluding hydrogens is 256 g/mol. The SMILES string of the molecule is C/C=C\C(C(=O)OCCCCC)C(=O)OCCCCC. The zero-order valence-electron chi connectivity index (χ0n) is 13.0. The van der Waals surface area contributed by atoms with E-state index in [1.165, 1.54) is 6.08 Å². The Morgan fingerprint density at radius 1 is 0.900 bits per heavy atom. The molecule has 0 amide bonds. The number of carbonyl (C=O) groups excluding carboxylic acids is 2. The molecular formula is C16H28O4. The van der Waals surface area contributed by atoms with Crippen LogP contribution in [0, 0.1) is 5.92 Å². The van der Waals surface area contributed by atoms with Crippen LogP contribution in [-0.4, -0.2) is 25.2 Å². The molecule has 0 saturated carbocycles. The van der Waals surface area contributed by atoms with Crippen LogP contribution in [-0.2, 0) is 19.1 Å². The minimum Gasteiger partial charge on any atom is -0.465 e. The zero-order valence-corrected chi connectivity index (χ0v) is 13.0. The van der Waals surface area contributed by atoms with Crippen molar-refractivity contribution in [1.82, 2.24) is 0 Å². The van der Waals surface area contributed by atoms with Gasteiger partial charge in [0.25, 0.3) is 0 Å². The van der Waals surface area contributed by atoms with Gasteiger partial charge in [-0.2, -0.15) is 0 Å². The third kappa shape index (κ3) is 8.73. The minimum absolute atomic E-state index is 0.365. The van der Waals surface area contributed by atoms with Crippen molar-refractivity contribution in [2.45, 2.75) is 59.3 Å². The number of hydrogen-bond donors (Lipinski definition) is 0. The lowest BCUT2D eigenvalue weighted by atomic mass is 10.1. The maximum Gasteiger partial charge on any atom is 0.324 e. The van der Waals surface area contributed by atoms with Crippen molar-refractivity contribution >= 4 is 11.9 Å². The van der Waals surface area contributed by atoms with Crippen LogP contribution >= 0.6 is 0 Å². The molecule has 0 unspecified atom stereocenters. The fourth-order valence-electron chi connectivity index (χ4n) is 1.68. The van der Waals surface area contributed by atoms with Gasteiger partial charge in [0, 0.05) is 0 Å². The van der Waals surface area contributed by atoms with E-state index < -0.39 is 17.9 Å². The smallest absolute Gasteiger partial charge is 0.324 e. The molecule has 0 saturated heterocycles. The first-order valence-electron chi connectivity index (χ1n) is 7.63. The van der Waals surface area contributed by atoms with E-state index in [1.807, 2.05) is 0 Å². The predicted octanol–water partition coefficient (Wildman–Crippen LogP) is 3.65. The first-order chi connectivity index (χ1) is 9.67. The van der Waals surface area contributed by atoms with Crippen LogP contribution in [0.25, 0.3) is 0 Å². The van der Waals surface area contributed by atoms with Gasteiger partial charge in [0.15, 0.2) is 5.92 Å². The summed E-state index contributed by atoms with van der Waals surface area (Å²) in [7, 11) is 0. The Labute approximate surface area is 122 Å². The van der Waals surface area contributed by atoms with Crippen LogP contribution in [0.3, 0.4) is 0 Å². The van der Waals surface area contributed by atoms with Crippen LogP contribution in [0.4, 0.5) is 0 Å². The Hall–Kier alpha value is -1.32. The molecule has 0 N–H and O–H groups in total. The molecule has 0 aliphatic rings. The summed E-state index contributed by atoms with van der Waals surface area (Å²) in [5.74, 6) is -1.96. The van der Waals surface area contributed by atoms with Gasteiger partial charge in [0.05, 0.1) is 13.2 Å². The Balaban J connectivity index is 4.17. The summed E-state index contributed by atoms with van der Waals surface area (Å²) in [6, 6.07) is 0. The van der Waals surface area contributed by atoms with Gasteiger partial charge in [-0.1, -0.05) is 51.7 Å². The number of esters is 2. The molecule has 0 aliphatic heterocycles. The van der Waals surface area contributed by atoms with E-state index in [9.17, 15) is 9.59 Å². The lowest BCUT2D eigenvalue weighted by molar-refractivity contribution is -0.159. The Morgan fingerprint density at radius 2 is 1.35 bits per heavy atom. The van der Waals surface area contributed by atoms with E-state index in [2.05, 4.69) is 13.8 Å². The second-order valence-corrected chi connectivity index (χ2v) is 4.75. The van der Waals surface area contributed by atoms with E-state index >= 15 is 0 Å². The second-order valence-electron chi connectivity index (χ2n) is 4.75. The third-order valence-corrected chi connectivity index (χ3v) is 2.88. The highest BCUT2D eigenvalue weighted by Gasteiger charge is 2.26. The van der Waals surface area contributed by atoms with Gasteiger partial charge in [-0.3, -0.25) is 9.59 Å². The minimum atomic E-state index is -0.928. The fourth-order valence-corrected chi connectivity index (χ4v) is 1.68. The van der Waals surface area contributed by atoms with E-state index in [0.29, 0.717) is 13.2 Å². The maximum atomic E-state index is 11.9. The largest absolute Gasteiger partial charge is 0.465 e. The number of hydrogen-bond acceptors (Lipinski definition) is 4. The summed E-state index contributed by atoms with van der Waals surface area (Å²) in [4.78, 5) is 23.7. The summed E-state index contributed by atoms with van der Waals surface area (Å²) >= 11 is 0. The predicted molar refractivity (Wildman–Crippen MR) is 79.3 cm³/mol. The molecule has 0 atom stereocenters. The molecule has 4 heteroatoms. The Morgan fingerprint density at radius 3 is 1.70 bits per heavy atom. The second kappa shape index (κ2) is 12.7. The molecule has 0 fully saturated rings. The van der Waals surface area contributed by atoms with Crippen molar-refractivity contribution in [3.63, 3.8) is 0 Å². The first-order valence-corrected chi connectivity index (χ1v) is 7.63. The van der Waals surface area contributed by atoms with Gasteiger partial charge >= 0.3 is 11.9 Å². The molecule has 0 bridgehead atoms. The molecule has 0 heterocycles. The van der Waals surface area contributed by atoms with Gasteiger partial charge in [-0.05, 0) is 19.8 Å². The van der Waals surface area contributed by atoms with E-state index in [-0.39, 0.29) is 0 Å². The molecule has 116 valence electrons. The quantitative estimate of drug-likeness (QED) is 0.251. The van der Waals surface area contributed by atoms with Crippen LogP contribution < -0.4 is 0 Å². The standard InChI is InChI=1S/C16H28O4/c1-4-7-9-12-19-15(17)14(11-6-3)16(18)20-13-10-8-5-2/h6,11,14H,4-5,7-10,12-13H2,1-3H3/b11-6-. The molecule has 0 aromatic rings. The highest BCUT2D eigenvalue weighted by Crippen LogP contribution is 2.08. The normalized spacial score (nSPS) is 11.0. The summed E-state index contributed by atoms with van der Waals surface area (Å²) in [6.07, 6.45) is 9.03. The molecule has 0 aromatic heterocycles. The van der Waals surface area contributed by atoms with Crippen LogP contribution in [0.15, 0.2) is 12.2 Å². The van der Waals surface area contributed by atoms with Gasteiger partial charge in [0.2, 0.25) is 0 Å². The van der Waals surface area contributed by atoms with Gasteiger partial charge in [0.1, 0.15) is 0 Å². The number of rotatable bonds is 11. The number of allylic oxidation sites excluding steroid dienone is 1. The third-order valence-electron chi connectivity index (χ3n) is 2.88. The van der Waals surface area contributed by atoms with E-state index in [1.54, 1.807) is 13.0 Å². The van der Waals surface area contributed by atoms with Crippen molar-refractivity contribution in [3.05, 3.63) is 12.2 Å². The monoisotopic (exact) mass is 284 g/mol. The van der Waals surface area contributed by atoms with Crippen molar-refractivity contribution in [1.29, 1.82) is 0 Å². The zero-order chi connectivity index (χ0) is 15.2. The summed E-state index contributed by atoms with van der Waals surface area (Å²) in [5, 5.41) is 0. The van der Waals surface area contributed by atoms with Gasteiger partial charge in [-0.15, -0.1) is 0 Å². The summed E-state index contributed by atoms with van der Waals surface area (Å²) < 4.78 is 10.2. The first kappa shape index (κ1) is 18.7. The lowest BCUT2D eigenvalue weighted by Crippen LogP contribution is -2.27. The highest BCUT2D eigenvalue weighted by atomic mass is 16.6. The number of carbonyl (C=O) groups is 2. The summed E-state index contributed by atoms with van der Waals surface area (Å²) in [6.45, 7) is 6.66. The topological polar surface area (TPSA) is 52.6 Å². The summed E-state index contributed by atoms with van der Waals surface area (Å²) in [5.41, 5.74) is 0. The van der Waals surface area contributed by atoms with Crippen LogP contribution in [0.5, 0.6) is 0 Å². The van der Waals surface area contributed by atoms with Crippen molar-refractivity contribution < 1.29 is 19.1 Å². The number of ether oxygens (including phenoxy) is 2. The molecule has 20 heavy (non-hydrogen) atoms. The molecule has 0 aliphatic carbocycles. The van der Waals surface area contributed by atoms with E-state index in [0.717, 1.165) is 38.5 Å². The van der Waals surface area contributed by atoms with Crippen molar-refractivity contribution in [3.8, 4) is 0 Å². The Kier molecular flexibility index (Phi) is 11.9. The molecule has 0 radical (unpaired) electrons. The average Bonchev–Trinajstić information content (AvgIpc) is 2.45. The maximum absolute atomic E-state index is 11.9. The van der Waals surface area contributed by atoms with Crippen molar-refractivity contribution in [2.75, 3.05) is 13.2 Å². The lowest BCUT2D eigenvalue weighted by Gasteiger charge is -2.12. The number of unbranched alkanes of at least 4 members (excludes halogenated alkanes) is 4. The van der Waals surface area contributed by atoms with E-state index in [4.69, 9.17) is 9.47 Å². The van der Waals surface area contributed by atoms with Crippen molar-refractivity contribution in [2.24, 2.45) is 5.92 Å². The average molecular weight is 284 g/mol. The molecule has 0 rings (SSSR count). The van der Waals surface area contributed by atoms with Crippen LogP contribution in [0.1, 0.15) is 59.3 Å². The highest BCUT2D eigenvalue weighted by molar-refractivity contribution is 5.96. The van der Waals surface area contributed by atoms with Gasteiger partial charge < -0.3 is 9.47 Å². The van der Waals surface area contributed by atoms with Gasteiger partial charge in [-0.25, -0.2) is 0 Å². The molecule has 0 spiro atoms. The van der Waals surface area contributed by atoms with Crippen LogP contribution in [0.2, 0.25) is 0 Å². The molecule has 4 nitrogen and oxygen atoms in total. The molecule has 0 aromatic carbocycles. The Bertz CT molecular complexity index is 273. The fraction of sp³-hybridized carbons (Fsp3) is 0.750.